The Labute approximate surface area is 175 Å². The summed E-state index contributed by atoms with van der Waals surface area (Å²) in [7, 11) is 1.92. The first-order valence-corrected chi connectivity index (χ1v) is 10.7. The van der Waals surface area contributed by atoms with E-state index in [-0.39, 0.29) is 11.8 Å². The Kier molecular flexibility index (Phi) is 4.73. The van der Waals surface area contributed by atoms with Crippen molar-refractivity contribution in [1.82, 2.24) is 24.3 Å². The Morgan fingerprint density at radius 3 is 2.90 bits per heavy atom. The van der Waals surface area contributed by atoms with Gasteiger partial charge in [0, 0.05) is 43.4 Å². The number of hydrogen-bond donors (Lipinski definition) is 1. The minimum absolute atomic E-state index is 0.0607. The van der Waals surface area contributed by atoms with Crippen LogP contribution in [0.4, 0.5) is 5.82 Å². The van der Waals surface area contributed by atoms with E-state index < -0.39 is 0 Å². The molecule has 0 bridgehead atoms. The highest BCUT2D eigenvalue weighted by Crippen LogP contribution is 2.38. The van der Waals surface area contributed by atoms with Gasteiger partial charge in [0.15, 0.2) is 11.6 Å². The van der Waals surface area contributed by atoms with E-state index in [1.807, 2.05) is 36.1 Å². The lowest BCUT2D eigenvalue weighted by Crippen LogP contribution is -2.50. The zero-order chi connectivity index (χ0) is 20.8. The summed E-state index contributed by atoms with van der Waals surface area (Å²) >= 11 is 0. The number of likely N-dealkylation sites (N-methyl/N-ethyl adjacent to an activating group) is 1. The Bertz CT molecular complexity index is 1080. The van der Waals surface area contributed by atoms with E-state index in [0.29, 0.717) is 24.4 Å². The second-order valence-corrected chi connectivity index (χ2v) is 8.49. The SMILES string of the molecule is CCN1CC[C@@H]1COc1cnn(C)c1-c1ccn2nc(NC(=O)C3CC3C)cc2c1. The first kappa shape index (κ1) is 19.1. The quantitative estimate of drug-likeness (QED) is 0.651. The lowest BCUT2D eigenvalue weighted by molar-refractivity contribution is -0.117. The maximum atomic E-state index is 12.2. The van der Waals surface area contributed by atoms with Gasteiger partial charge in [-0.3, -0.25) is 14.4 Å². The van der Waals surface area contributed by atoms with E-state index in [2.05, 4.69) is 34.3 Å². The number of nitrogens with one attached hydrogen (secondary N) is 1. The molecule has 0 spiro atoms. The van der Waals surface area contributed by atoms with Crippen LogP contribution in [0.15, 0.2) is 30.6 Å². The van der Waals surface area contributed by atoms with Gasteiger partial charge in [-0.2, -0.15) is 10.2 Å². The number of aromatic nitrogens is 4. The monoisotopic (exact) mass is 408 g/mol. The maximum absolute atomic E-state index is 12.2. The molecule has 158 valence electrons. The summed E-state index contributed by atoms with van der Waals surface area (Å²) in [4.78, 5) is 14.6. The molecule has 3 aromatic rings. The van der Waals surface area contributed by atoms with Crippen LogP contribution in [0.3, 0.4) is 0 Å². The van der Waals surface area contributed by atoms with E-state index in [1.165, 1.54) is 6.42 Å². The Hall–Kier alpha value is -2.87. The molecule has 2 fully saturated rings. The predicted molar refractivity (Wildman–Crippen MR) is 114 cm³/mol. The summed E-state index contributed by atoms with van der Waals surface area (Å²) in [5.41, 5.74) is 2.86. The van der Waals surface area contributed by atoms with Gasteiger partial charge >= 0.3 is 0 Å². The van der Waals surface area contributed by atoms with Gasteiger partial charge in [-0.05, 0) is 37.4 Å². The average molecular weight is 409 g/mol. The van der Waals surface area contributed by atoms with E-state index in [4.69, 9.17) is 4.74 Å². The molecular formula is C22H28N6O2. The highest BCUT2D eigenvalue weighted by atomic mass is 16.5. The summed E-state index contributed by atoms with van der Waals surface area (Å²) in [5, 5.41) is 11.8. The molecule has 3 atom stereocenters. The number of carbonyl (C=O) groups is 1. The van der Waals surface area contributed by atoms with Crippen LogP contribution >= 0.6 is 0 Å². The van der Waals surface area contributed by atoms with Crippen molar-refractivity contribution in [2.75, 3.05) is 25.0 Å². The van der Waals surface area contributed by atoms with E-state index in [9.17, 15) is 4.79 Å². The van der Waals surface area contributed by atoms with Crippen molar-refractivity contribution in [3.8, 4) is 17.0 Å². The number of amides is 1. The number of aryl methyl sites for hydroxylation is 1. The van der Waals surface area contributed by atoms with Crippen molar-refractivity contribution in [3.05, 3.63) is 30.6 Å². The topological polar surface area (TPSA) is 76.7 Å². The van der Waals surface area contributed by atoms with Gasteiger partial charge in [0.1, 0.15) is 12.3 Å². The van der Waals surface area contributed by atoms with E-state index >= 15 is 0 Å². The number of pyridine rings is 1. The lowest BCUT2D eigenvalue weighted by atomic mass is 10.0. The molecule has 0 radical (unpaired) electrons. The third kappa shape index (κ3) is 3.45. The van der Waals surface area contributed by atoms with Gasteiger partial charge < -0.3 is 10.1 Å². The van der Waals surface area contributed by atoms with Gasteiger partial charge in [0.05, 0.1) is 11.7 Å². The number of likely N-dealkylation sites (tertiary alicyclic amines) is 1. The van der Waals surface area contributed by atoms with Crippen molar-refractivity contribution >= 4 is 17.2 Å². The fourth-order valence-electron chi connectivity index (χ4n) is 4.25. The molecule has 3 aromatic heterocycles. The second kappa shape index (κ2) is 7.43. The molecule has 0 aromatic carbocycles. The van der Waals surface area contributed by atoms with Crippen LogP contribution in [0.5, 0.6) is 5.75 Å². The first-order valence-electron chi connectivity index (χ1n) is 10.7. The largest absolute Gasteiger partial charge is 0.488 e. The third-order valence-corrected chi connectivity index (χ3v) is 6.44. The number of hydrogen-bond acceptors (Lipinski definition) is 5. The summed E-state index contributed by atoms with van der Waals surface area (Å²) in [6.45, 7) is 7.17. The van der Waals surface area contributed by atoms with Crippen LogP contribution in [0, 0.1) is 11.8 Å². The van der Waals surface area contributed by atoms with Crippen LogP contribution in [0.2, 0.25) is 0 Å². The Morgan fingerprint density at radius 1 is 1.37 bits per heavy atom. The van der Waals surface area contributed by atoms with Crippen LogP contribution < -0.4 is 10.1 Å². The lowest BCUT2D eigenvalue weighted by Gasteiger charge is -2.39. The Balaban J connectivity index is 1.35. The maximum Gasteiger partial charge on any atom is 0.228 e. The van der Waals surface area contributed by atoms with E-state index in [1.54, 1.807) is 10.7 Å². The molecule has 2 unspecified atom stereocenters. The molecule has 8 heteroatoms. The molecule has 2 aliphatic rings. The van der Waals surface area contributed by atoms with Crippen LogP contribution in [-0.2, 0) is 11.8 Å². The van der Waals surface area contributed by atoms with Crippen LogP contribution in [0.1, 0.15) is 26.7 Å². The smallest absolute Gasteiger partial charge is 0.228 e. The van der Waals surface area contributed by atoms with E-state index in [0.717, 1.165) is 42.0 Å². The standard InChI is InChI=1S/C22H28N6O2/c1-4-27-7-6-16(27)13-30-19-12-23-26(3)21(19)15-5-8-28-17(10-15)11-20(25-28)24-22(29)18-9-14(18)2/h5,8,10-12,14,16,18H,4,6-7,9,13H2,1-3H3,(H,24,25,29)/t14?,16-,18?/m1/s1. The molecule has 1 saturated heterocycles. The molecule has 1 aliphatic carbocycles. The molecule has 1 aliphatic heterocycles. The average Bonchev–Trinajstić information content (AvgIpc) is 3.13. The Morgan fingerprint density at radius 2 is 2.20 bits per heavy atom. The van der Waals surface area contributed by atoms with Crippen LogP contribution in [-0.4, -0.2) is 55.9 Å². The molecule has 1 amide bonds. The molecule has 30 heavy (non-hydrogen) atoms. The van der Waals surface area contributed by atoms with Crippen molar-refractivity contribution in [3.63, 3.8) is 0 Å². The normalized spacial score (nSPS) is 23.4. The van der Waals surface area contributed by atoms with Crippen molar-refractivity contribution in [2.24, 2.45) is 18.9 Å². The highest BCUT2D eigenvalue weighted by molar-refractivity contribution is 5.94. The van der Waals surface area contributed by atoms with Gasteiger partial charge in [-0.1, -0.05) is 13.8 Å². The number of anilines is 1. The van der Waals surface area contributed by atoms with Gasteiger partial charge in [-0.25, -0.2) is 4.52 Å². The fraction of sp³-hybridized carbons (Fsp3) is 0.500. The molecule has 5 rings (SSSR count). The number of ether oxygens (including phenoxy) is 1. The minimum Gasteiger partial charge on any atom is -0.488 e. The molecular weight excluding hydrogens is 380 g/mol. The molecule has 1 N–H and O–H groups in total. The predicted octanol–water partition coefficient (Wildman–Crippen LogP) is 2.80. The zero-order valence-corrected chi connectivity index (χ0v) is 17.7. The highest BCUT2D eigenvalue weighted by Gasteiger charge is 2.39. The summed E-state index contributed by atoms with van der Waals surface area (Å²) in [6, 6.07) is 6.44. The van der Waals surface area contributed by atoms with Crippen molar-refractivity contribution in [1.29, 1.82) is 0 Å². The molecule has 8 nitrogen and oxygen atoms in total. The third-order valence-electron chi connectivity index (χ3n) is 6.44. The minimum atomic E-state index is 0.0607. The van der Waals surface area contributed by atoms with Crippen molar-refractivity contribution in [2.45, 2.75) is 32.7 Å². The second-order valence-electron chi connectivity index (χ2n) is 8.49. The van der Waals surface area contributed by atoms with Crippen molar-refractivity contribution < 1.29 is 9.53 Å². The zero-order valence-electron chi connectivity index (χ0n) is 17.7. The van der Waals surface area contributed by atoms with Gasteiger partial charge in [-0.15, -0.1) is 0 Å². The first-order chi connectivity index (χ1) is 14.5. The summed E-state index contributed by atoms with van der Waals surface area (Å²) < 4.78 is 9.78. The van der Waals surface area contributed by atoms with Gasteiger partial charge in [0.25, 0.3) is 0 Å². The van der Waals surface area contributed by atoms with Gasteiger partial charge in [0.2, 0.25) is 5.91 Å². The van der Waals surface area contributed by atoms with Crippen LogP contribution in [0.25, 0.3) is 16.8 Å². The summed E-state index contributed by atoms with van der Waals surface area (Å²) in [6.07, 6.45) is 5.83. The molecule has 4 heterocycles. The summed E-state index contributed by atoms with van der Waals surface area (Å²) in [5.74, 6) is 2.04. The number of fused-ring (bicyclic) bond motifs is 1. The number of rotatable bonds is 7. The molecule has 1 saturated carbocycles. The fourth-order valence-corrected chi connectivity index (χ4v) is 4.25. The number of carbonyl (C=O) groups excluding carboxylic acids is 1. The number of nitrogens with zero attached hydrogens (tertiary/aromatic N) is 5.